The Labute approximate surface area is 99.4 Å². The zero-order valence-corrected chi connectivity index (χ0v) is 9.95. The number of nitrogens with one attached hydrogen (secondary N) is 2. The fraction of sp³-hybridized carbons (Fsp3) is 0.231. The average Bonchev–Trinajstić information content (AvgIpc) is 2.30. The Balaban J connectivity index is 2.47. The van der Waals surface area contributed by atoms with Gasteiger partial charge in [0.05, 0.1) is 10.9 Å². The van der Waals surface area contributed by atoms with E-state index in [1.54, 1.807) is 6.92 Å². The van der Waals surface area contributed by atoms with E-state index >= 15 is 0 Å². The Kier molecular flexibility index (Phi) is 3.35. The third kappa shape index (κ3) is 2.60. The molecule has 0 radical (unpaired) electrons. The van der Waals surface area contributed by atoms with Crippen LogP contribution in [0.3, 0.4) is 0 Å². The summed E-state index contributed by atoms with van der Waals surface area (Å²) in [4.78, 5) is 18.7. The first kappa shape index (κ1) is 11.5. The molecule has 2 N–H and O–H groups in total. The molecule has 0 unspecified atom stereocenters. The van der Waals surface area contributed by atoms with E-state index in [0.29, 0.717) is 11.2 Å². The largest absolute Gasteiger partial charge is 0.316 e. The molecule has 0 atom stereocenters. The second-order valence-electron chi connectivity index (χ2n) is 3.89. The van der Waals surface area contributed by atoms with Crippen molar-refractivity contribution in [2.45, 2.75) is 6.92 Å². The van der Waals surface area contributed by atoms with Gasteiger partial charge in [0, 0.05) is 6.54 Å². The number of hydrogen-bond acceptors (Lipinski definition) is 3. The molecule has 0 aliphatic carbocycles. The molecule has 4 nitrogen and oxygen atoms in total. The van der Waals surface area contributed by atoms with Crippen molar-refractivity contribution in [3.05, 3.63) is 46.0 Å². The number of nitrogens with zero attached hydrogens (tertiary/aromatic N) is 1. The molecule has 1 heterocycles. The molecule has 0 fully saturated rings. The highest BCUT2D eigenvalue weighted by Gasteiger charge is 2.01. The molecule has 4 heteroatoms. The van der Waals surface area contributed by atoms with Crippen molar-refractivity contribution < 1.29 is 0 Å². The minimum Gasteiger partial charge on any atom is -0.316 e. The number of likely N-dealkylation sites (N-methyl/N-ethyl adjacent to an activating group) is 1. The van der Waals surface area contributed by atoms with Gasteiger partial charge in [-0.1, -0.05) is 18.2 Å². The first-order valence-electron chi connectivity index (χ1n) is 5.52. The Morgan fingerprint density at radius 2 is 2.29 bits per heavy atom. The predicted octanol–water partition coefficient (Wildman–Crippen LogP) is 1.46. The summed E-state index contributed by atoms with van der Waals surface area (Å²) in [6.07, 6.45) is 3.99. The third-order valence-electron chi connectivity index (χ3n) is 2.48. The summed E-state index contributed by atoms with van der Waals surface area (Å²) in [6, 6.07) is 5.68. The smallest absolute Gasteiger partial charge is 0.258 e. The van der Waals surface area contributed by atoms with Crippen LogP contribution < -0.4 is 10.9 Å². The van der Waals surface area contributed by atoms with Crippen LogP contribution in [-0.4, -0.2) is 23.6 Å². The van der Waals surface area contributed by atoms with Crippen molar-refractivity contribution in [2.24, 2.45) is 0 Å². The topological polar surface area (TPSA) is 57.8 Å². The van der Waals surface area contributed by atoms with Gasteiger partial charge in [-0.15, -0.1) is 0 Å². The number of fused-ring (bicyclic) bond motifs is 1. The summed E-state index contributed by atoms with van der Waals surface area (Å²) in [5.41, 5.74) is 1.65. The van der Waals surface area contributed by atoms with Gasteiger partial charge in [0.2, 0.25) is 0 Å². The van der Waals surface area contributed by atoms with E-state index in [2.05, 4.69) is 15.3 Å². The molecule has 0 spiro atoms. The number of aromatic amines is 1. The molecular formula is C13H15N3O. The monoisotopic (exact) mass is 229 g/mol. The van der Waals surface area contributed by atoms with E-state index in [4.69, 9.17) is 0 Å². The fourth-order valence-electron chi connectivity index (χ4n) is 1.69. The van der Waals surface area contributed by atoms with Crippen molar-refractivity contribution in [3.63, 3.8) is 0 Å². The van der Waals surface area contributed by atoms with Crippen LogP contribution in [0.25, 0.3) is 17.0 Å². The molecule has 0 amide bonds. The predicted molar refractivity (Wildman–Crippen MR) is 70.1 cm³/mol. The minimum atomic E-state index is -0.0867. The normalized spacial score (nSPS) is 11.4. The van der Waals surface area contributed by atoms with E-state index in [1.165, 1.54) is 0 Å². The Bertz CT molecular complexity index is 614. The highest BCUT2D eigenvalue weighted by Crippen LogP contribution is 2.11. The van der Waals surface area contributed by atoms with E-state index in [1.807, 2.05) is 37.4 Å². The van der Waals surface area contributed by atoms with E-state index in [9.17, 15) is 4.79 Å². The minimum absolute atomic E-state index is 0.0867. The molecule has 0 bridgehead atoms. The van der Waals surface area contributed by atoms with Crippen LogP contribution in [0.4, 0.5) is 0 Å². The van der Waals surface area contributed by atoms with Crippen LogP contribution in [0.1, 0.15) is 11.4 Å². The molecule has 2 aromatic rings. The van der Waals surface area contributed by atoms with Crippen molar-refractivity contribution in [2.75, 3.05) is 13.6 Å². The standard InChI is InChI=1S/C13H15N3O/c1-9-15-12-6-5-10(4-3-7-14-2)8-11(12)13(17)16-9/h3-6,8,14H,7H2,1-2H3,(H,15,16,17). The fourth-order valence-corrected chi connectivity index (χ4v) is 1.69. The van der Waals surface area contributed by atoms with Gasteiger partial charge in [0.1, 0.15) is 5.82 Å². The van der Waals surface area contributed by atoms with Crippen LogP contribution in [0.2, 0.25) is 0 Å². The van der Waals surface area contributed by atoms with Gasteiger partial charge in [0.15, 0.2) is 0 Å². The molecule has 0 aliphatic heterocycles. The first-order chi connectivity index (χ1) is 8.20. The summed E-state index contributed by atoms with van der Waals surface area (Å²) in [7, 11) is 1.89. The summed E-state index contributed by atoms with van der Waals surface area (Å²) in [6.45, 7) is 2.59. The van der Waals surface area contributed by atoms with Crippen molar-refractivity contribution >= 4 is 17.0 Å². The van der Waals surface area contributed by atoms with Gasteiger partial charge >= 0.3 is 0 Å². The summed E-state index contributed by atoms with van der Waals surface area (Å²) < 4.78 is 0. The van der Waals surface area contributed by atoms with Crippen molar-refractivity contribution in [3.8, 4) is 0 Å². The Morgan fingerprint density at radius 1 is 1.47 bits per heavy atom. The second kappa shape index (κ2) is 4.93. The second-order valence-corrected chi connectivity index (χ2v) is 3.89. The van der Waals surface area contributed by atoms with Crippen LogP contribution in [-0.2, 0) is 0 Å². The SMILES string of the molecule is CNCC=Cc1ccc2nc(C)[nH]c(=O)c2c1. The number of benzene rings is 1. The Morgan fingerprint density at radius 3 is 3.06 bits per heavy atom. The van der Waals surface area contributed by atoms with Crippen LogP contribution in [0.15, 0.2) is 29.1 Å². The lowest BCUT2D eigenvalue weighted by Crippen LogP contribution is -2.09. The number of aromatic nitrogens is 2. The molecule has 1 aromatic heterocycles. The first-order valence-corrected chi connectivity index (χ1v) is 5.52. The summed E-state index contributed by atoms with van der Waals surface area (Å²) in [5, 5.41) is 3.65. The zero-order valence-electron chi connectivity index (χ0n) is 9.95. The molecule has 2 rings (SSSR count). The van der Waals surface area contributed by atoms with Gasteiger partial charge in [0.25, 0.3) is 5.56 Å². The van der Waals surface area contributed by atoms with Crippen LogP contribution >= 0.6 is 0 Å². The maximum absolute atomic E-state index is 11.7. The number of aryl methyl sites for hydroxylation is 1. The summed E-state index contributed by atoms with van der Waals surface area (Å²) in [5.74, 6) is 0.640. The lowest BCUT2D eigenvalue weighted by Gasteiger charge is -2.00. The van der Waals surface area contributed by atoms with E-state index in [0.717, 1.165) is 17.6 Å². The van der Waals surface area contributed by atoms with Gasteiger partial charge in [-0.3, -0.25) is 4.79 Å². The van der Waals surface area contributed by atoms with E-state index in [-0.39, 0.29) is 5.56 Å². The molecule has 88 valence electrons. The zero-order chi connectivity index (χ0) is 12.3. The van der Waals surface area contributed by atoms with Crippen LogP contribution in [0.5, 0.6) is 0 Å². The molecule has 17 heavy (non-hydrogen) atoms. The quantitative estimate of drug-likeness (QED) is 0.837. The van der Waals surface area contributed by atoms with Crippen molar-refractivity contribution in [1.29, 1.82) is 0 Å². The lowest BCUT2D eigenvalue weighted by molar-refractivity contribution is 0.922. The molecule has 0 saturated carbocycles. The Hall–Kier alpha value is -1.94. The maximum atomic E-state index is 11.7. The average molecular weight is 229 g/mol. The van der Waals surface area contributed by atoms with Gasteiger partial charge in [-0.05, 0) is 31.7 Å². The number of H-pyrrole nitrogens is 1. The van der Waals surface area contributed by atoms with E-state index < -0.39 is 0 Å². The van der Waals surface area contributed by atoms with Crippen LogP contribution in [0, 0.1) is 6.92 Å². The molecule has 0 saturated heterocycles. The third-order valence-corrected chi connectivity index (χ3v) is 2.48. The number of hydrogen-bond donors (Lipinski definition) is 2. The lowest BCUT2D eigenvalue weighted by atomic mass is 10.1. The number of rotatable bonds is 3. The summed E-state index contributed by atoms with van der Waals surface area (Å²) >= 11 is 0. The maximum Gasteiger partial charge on any atom is 0.258 e. The molecule has 0 aliphatic rings. The van der Waals surface area contributed by atoms with Crippen molar-refractivity contribution in [1.82, 2.24) is 15.3 Å². The van der Waals surface area contributed by atoms with Gasteiger partial charge in [-0.2, -0.15) is 0 Å². The highest BCUT2D eigenvalue weighted by molar-refractivity contribution is 5.80. The molecule has 1 aromatic carbocycles. The molecular weight excluding hydrogens is 214 g/mol. The van der Waals surface area contributed by atoms with Gasteiger partial charge < -0.3 is 10.3 Å². The highest BCUT2D eigenvalue weighted by atomic mass is 16.1. The van der Waals surface area contributed by atoms with Gasteiger partial charge in [-0.25, -0.2) is 4.98 Å².